The Morgan fingerprint density at radius 1 is 1.48 bits per heavy atom. The largest absolute Gasteiger partial charge is 0.481 e. The van der Waals surface area contributed by atoms with Crippen molar-refractivity contribution in [2.75, 3.05) is 0 Å². The van der Waals surface area contributed by atoms with Crippen molar-refractivity contribution >= 4 is 38.9 Å². The number of carboxylic acid groups (broad SMARTS) is 1. The highest BCUT2D eigenvalue weighted by molar-refractivity contribution is 7.89. The maximum Gasteiger partial charge on any atom is 0.305 e. The number of aryl methyl sites for hydroxylation is 1. The van der Waals surface area contributed by atoms with E-state index in [2.05, 4.69) is 9.82 Å². The molecule has 0 radical (unpaired) electrons. The van der Waals surface area contributed by atoms with Crippen molar-refractivity contribution < 1.29 is 18.3 Å². The molecule has 0 saturated heterocycles. The van der Waals surface area contributed by atoms with Crippen molar-refractivity contribution in [1.29, 1.82) is 0 Å². The molecule has 0 spiro atoms. The van der Waals surface area contributed by atoms with Crippen LogP contribution < -0.4 is 4.72 Å². The van der Waals surface area contributed by atoms with Gasteiger partial charge in [0.05, 0.1) is 23.5 Å². The molecule has 0 aliphatic rings. The quantitative estimate of drug-likeness (QED) is 0.789. The topological polar surface area (TPSA) is 101 Å². The van der Waals surface area contributed by atoms with E-state index in [1.807, 2.05) is 0 Å². The molecule has 0 saturated carbocycles. The van der Waals surface area contributed by atoms with Gasteiger partial charge in [-0.1, -0.05) is 11.6 Å². The van der Waals surface area contributed by atoms with Crippen molar-refractivity contribution in [2.24, 2.45) is 0 Å². The van der Waals surface area contributed by atoms with E-state index in [0.29, 0.717) is 4.34 Å². The van der Waals surface area contributed by atoms with Gasteiger partial charge in [0.2, 0.25) is 10.0 Å². The summed E-state index contributed by atoms with van der Waals surface area (Å²) >= 11 is 7.06. The van der Waals surface area contributed by atoms with Gasteiger partial charge in [0.1, 0.15) is 4.90 Å². The molecule has 0 bridgehead atoms. The van der Waals surface area contributed by atoms with Gasteiger partial charge in [-0.2, -0.15) is 5.10 Å². The van der Waals surface area contributed by atoms with Gasteiger partial charge in [-0.3, -0.25) is 9.48 Å². The number of thiophene rings is 1. The molecule has 21 heavy (non-hydrogen) atoms. The second-order valence-corrected chi connectivity index (χ2v) is 7.68. The summed E-state index contributed by atoms with van der Waals surface area (Å²) in [7, 11) is -3.68. The molecule has 2 aromatic heterocycles. The van der Waals surface area contributed by atoms with Crippen molar-refractivity contribution in [2.45, 2.75) is 24.4 Å². The molecule has 0 amide bonds. The second kappa shape index (κ2) is 6.56. The number of halogens is 1. The Labute approximate surface area is 130 Å². The molecule has 0 atom stereocenters. The number of aliphatic carboxylic acids is 1. The number of carbonyl (C=O) groups is 1. The molecule has 0 unspecified atom stereocenters. The molecule has 2 heterocycles. The molecule has 0 aliphatic heterocycles. The van der Waals surface area contributed by atoms with Gasteiger partial charge < -0.3 is 5.11 Å². The fourth-order valence-corrected chi connectivity index (χ4v) is 3.59. The lowest BCUT2D eigenvalue weighted by Crippen LogP contribution is -2.22. The van der Waals surface area contributed by atoms with Crippen molar-refractivity contribution in [3.8, 4) is 0 Å². The van der Waals surface area contributed by atoms with E-state index >= 15 is 0 Å². The fourth-order valence-electron chi connectivity index (χ4n) is 1.51. The lowest BCUT2D eigenvalue weighted by Gasteiger charge is -2.02. The zero-order chi connectivity index (χ0) is 15.5. The molecule has 10 heteroatoms. The highest BCUT2D eigenvalue weighted by Crippen LogP contribution is 2.21. The maximum atomic E-state index is 12.1. The fraction of sp³-hybridized carbons (Fsp3) is 0.273. The molecule has 7 nitrogen and oxygen atoms in total. The van der Waals surface area contributed by atoms with Crippen LogP contribution in [-0.4, -0.2) is 29.3 Å². The summed E-state index contributed by atoms with van der Waals surface area (Å²) in [5, 5.41) is 12.4. The van der Waals surface area contributed by atoms with Gasteiger partial charge in [-0.05, 0) is 12.1 Å². The molecule has 2 rings (SSSR count). The number of sulfonamides is 1. The van der Waals surface area contributed by atoms with Crippen molar-refractivity contribution in [1.82, 2.24) is 14.5 Å². The van der Waals surface area contributed by atoms with Gasteiger partial charge in [-0.25, -0.2) is 13.1 Å². The van der Waals surface area contributed by atoms with Crippen LogP contribution in [0.15, 0.2) is 29.4 Å². The Balaban J connectivity index is 2.00. The second-order valence-electron chi connectivity index (χ2n) is 4.11. The Kier molecular flexibility index (Phi) is 4.99. The summed E-state index contributed by atoms with van der Waals surface area (Å²) in [5.41, 5.74) is 0. The van der Waals surface area contributed by atoms with Gasteiger partial charge in [0, 0.05) is 17.6 Å². The minimum atomic E-state index is -3.68. The van der Waals surface area contributed by atoms with Crippen LogP contribution in [0.1, 0.15) is 11.3 Å². The predicted molar refractivity (Wildman–Crippen MR) is 77.8 cm³/mol. The first kappa shape index (κ1) is 16.0. The third-order valence-electron chi connectivity index (χ3n) is 2.54. The monoisotopic (exact) mass is 349 g/mol. The van der Waals surface area contributed by atoms with Crippen molar-refractivity contribution in [3.05, 3.63) is 33.7 Å². The van der Waals surface area contributed by atoms with E-state index in [1.165, 1.54) is 28.4 Å². The predicted octanol–water partition coefficient (Wildman–Crippen LogP) is 1.55. The van der Waals surface area contributed by atoms with E-state index in [1.54, 1.807) is 12.1 Å². The minimum absolute atomic E-state index is 0.00413. The first-order valence-corrected chi connectivity index (χ1v) is 8.53. The number of nitrogens with one attached hydrogen (secondary N) is 1. The number of aromatic nitrogens is 2. The molecule has 2 aromatic rings. The third kappa shape index (κ3) is 4.53. The average molecular weight is 350 g/mol. The Morgan fingerprint density at radius 3 is 2.86 bits per heavy atom. The van der Waals surface area contributed by atoms with Crippen LogP contribution in [-0.2, 0) is 27.9 Å². The smallest absolute Gasteiger partial charge is 0.305 e. The molecule has 2 N–H and O–H groups in total. The molecule has 0 fully saturated rings. The van der Waals surface area contributed by atoms with E-state index in [4.69, 9.17) is 16.7 Å². The summed E-state index contributed by atoms with van der Waals surface area (Å²) in [6.07, 6.45) is 2.36. The van der Waals surface area contributed by atoms with Gasteiger partial charge in [-0.15, -0.1) is 11.3 Å². The SMILES string of the molecule is O=C(O)CCn1cc(S(=O)(=O)NCc2ccc(Cl)s2)cn1. The summed E-state index contributed by atoms with van der Waals surface area (Å²) in [4.78, 5) is 11.2. The standard InChI is InChI=1S/C11H12ClN3O4S2/c12-10-2-1-8(20-10)5-14-21(18,19)9-6-13-15(7-9)4-3-11(16)17/h1-2,6-7,14H,3-5H2,(H,16,17). The number of carboxylic acids is 1. The van der Waals surface area contributed by atoms with Crippen LogP contribution in [0.3, 0.4) is 0 Å². The maximum absolute atomic E-state index is 12.1. The molecule has 0 aromatic carbocycles. The minimum Gasteiger partial charge on any atom is -0.481 e. The molecule has 114 valence electrons. The number of hydrogen-bond donors (Lipinski definition) is 2. The number of hydrogen-bond acceptors (Lipinski definition) is 5. The number of nitrogens with zero attached hydrogens (tertiary/aromatic N) is 2. The summed E-state index contributed by atoms with van der Waals surface area (Å²) in [6, 6.07) is 3.44. The lowest BCUT2D eigenvalue weighted by atomic mass is 10.4. The highest BCUT2D eigenvalue weighted by atomic mass is 35.5. The number of rotatable bonds is 7. The summed E-state index contributed by atoms with van der Waals surface area (Å²) in [5.74, 6) is -0.970. The molecule has 0 aliphatic carbocycles. The Morgan fingerprint density at radius 2 is 2.24 bits per heavy atom. The Hall–Kier alpha value is -1.42. The van der Waals surface area contributed by atoms with Gasteiger partial charge in [0.15, 0.2) is 0 Å². The summed E-state index contributed by atoms with van der Waals surface area (Å²) in [6.45, 7) is 0.255. The van der Waals surface area contributed by atoms with Crippen LogP contribution in [0.4, 0.5) is 0 Å². The average Bonchev–Trinajstić information content (AvgIpc) is 3.03. The van der Waals surface area contributed by atoms with E-state index in [-0.39, 0.29) is 24.4 Å². The van der Waals surface area contributed by atoms with Crippen LogP contribution in [0.2, 0.25) is 4.34 Å². The van der Waals surface area contributed by atoms with Gasteiger partial charge >= 0.3 is 5.97 Å². The van der Waals surface area contributed by atoms with E-state index in [0.717, 1.165) is 4.88 Å². The summed E-state index contributed by atoms with van der Waals surface area (Å²) < 4.78 is 28.4. The lowest BCUT2D eigenvalue weighted by molar-refractivity contribution is -0.137. The Bertz CT molecular complexity index is 738. The first-order chi connectivity index (χ1) is 9.87. The zero-order valence-electron chi connectivity index (χ0n) is 10.7. The van der Waals surface area contributed by atoms with Crippen LogP contribution in [0.25, 0.3) is 0 Å². The van der Waals surface area contributed by atoms with E-state index < -0.39 is 16.0 Å². The zero-order valence-corrected chi connectivity index (χ0v) is 13.1. The van der Waals surface area contributed by atoms with Crippen LogP contribution in [0, 0.1) is 0 Å². The third-order valence-corrected chi connectivity index (χ3v) is 5.13. The van der Waals surface area contributed by atoms with Crippen LogP contribution in [0.5, 0.6) is 0 Å². The molecular formula is C11H12ClN3O4S2. The van der Waals surface area contributed by atoms with Crippen LogP contribution >= 0.6 is 22.9 Å². The molecular weight excluding hydrogens is 338 g/mol. The highest BCUT2D eigenvalue weighted by Gasteiger charge is 2.16. The normalized spacial score (nSPS) is 11.7. The van der Waals surface area contributed by atoms with Gasteiger partial charge in [0.25, 0.3) is 0 Å². The first-order valence-electron chi connectivity index (χ1n) is 5.85. The van der Waals surface area contributed by atoms with E-state index in [9.17, 15) is 13.2 Å². The van der Waals surface area contributed by atoms with Crippen molar-refractivity contribution in [3.63, 3.8) is 0 Å².